The minimum absolute atomic E-state index is 0.103. The predicted molar refractivity (Wildman–Crippen MR) is 95.5 cm³/mol. The van der Waals surface area contributed by atoms with E-state index in [9.17, 15) is 9.59 Å². The molecule has 1 aliphatic rings. The molecule has 1 unspecified atom stereocenters. The molecule has 0 aliphatic carbocycles. The zero-order chi connectivity index (χ0) is 18.1. The number of benzene rings is 1. The van der Waals surface area contributed by atoms with E-state index in [-0.39, 0.29) is 18.2 Å². The highest BCUT2D eigenvalue weighted by molar-refractivity contribution is 8.00. The van der Waals surface area contributed by atoms with Gasteiger partial charge in [0.05, 0.1) is 11.9 Å². The molecule has 26 heavy (non-hydrogen) atoms. The van der Waals surface area contributed by atoms with Gasteiger partial charge in [-0.25, -0.2) is 9.88 Å². The van der Waals surface area contributed by atoms with Crippen molar-refractivity contribution in [2.75, 3.05) is 4.90 Å². The molecule has 1 saturated heterocycles. The average molecular weight is 366 g/mol. The maximum absolute atomic E-state index is 12.7. The van der Waals surface area contributed by atoms with Crippen LogP contribution in [0, 0.1) is 6.92 Å². The first kappa shape index (κ1) is 16.5. The van der Waals surface area contributed by atoms with E-state index in [1.807, 2.05) is 19.1 Å². The standard InChI is InChI=1S/C18H14N4O3S/c1-11-7-8-14(25-11)13-10-19-21-18(20-13)26-15-9-16(23)22(17(15)24)12-5-3-2-4-6-12/h2-8,10,15H,9H2,1H3. The van der Waals surface area contributed by atoms with Crippen LogP contribution in [0.2, 0.25) is 0 Å². The lowest BCUT2D eigenvalue weighted by Gasteiger charge is -2.14. The molecule has 8 heteroatoms. The Morgan fingerprint density at radius 2 is 1.96 bits per heavy atom. The number of para-hydroxylation sites is 1. The van der Waals surface area contributed by atoms with Gasteiger partial charge in [-0.2, -0.15) is 5.10 Å². The highest BCUT2D eigenvalue weighted by atomic mass is 32.2. The Morgan fingerprint density at radius 3 is 2.69 bits per heavy atom. The van der Waals surface area contributed by atoms with E-state index in [1.54, 1.807) is 30.3 Å². The van der Waals surface area contributed by atoms with E-state index in [1.165, 1.54) is 11.1 Å². The molecule has 4 rings (SSSR count). The highest BCUT2D eigenvalue weighted by Crippen LogP contribution is 2.32. The van der Waals surface area contributed by atoms with Crippen LogP contribution >= 0.6 is 11.8 Å². The smallest absolute Gasteiger partial charge is 0.247 e. The minimum atomic E-state index is -0.571. The first-order valence-electron chi connectivity index (χ1n) is 7.97. The summed E-state index contributed by atoms with van der Waals surface area (Å²) in [5.74, 6) is 0.848. The maximum Gasteiger partial charge on any atom is 0.247 e. The summed E-state index contributed by atoms with van der Waals surface area (Å²) in [6.45, 7) is 1.84. The van der Waals surface area contributed by atoms with Gasteiger partial charge >= 0.3 is 0 Å². The van der Waals surface area contributed by atoms with Crippen LogP contribution in [0.4, 0.5) is 5.69 Å². The van der Waals surface area contributed by atoms with Gasteiger partial charge in [0.2, 0.25) is 17.0 Å². The Bertz CT molecular complexity index is 973. The third-order valence-electron chi connectivity index (χ3n) is 3.90. The molecule has 1 atom stereocenters. The summed E-state index contributed by atoms with van der Waals surface area (Å²) in [4.78, 5) is 30.6. The van der Waals surface area contributed by atoms with Gasteiger partial charge in [-0.3, -0.25) is 9.59 Å². The van der Waals surface area contributed by atoms with Gasteiger partial charge in [0, 0.05) is 6.42 Å². The van der Waals surface area contributed by atoms with Crippen LogP contribution in [0.25, 0.3) is 11.5 Å². The van der Waals surface area contributed by atoms with Crippen LogP contribution < -0.4 is 4.90 Å². The molecule has 2 aromatic heterocycles. The Balaban J connectivity index is 1.55. The number of aryl methyl sites for hydroxylation is 1. The molecule has 0 bridgehead atoms. The summed E-state index contributed by atoms with van der Waals surface area (Å²) in [6.07, 6.45) is 1.60. The minimum Gasteiger partial charge on any atom is -0.460 e. The monoisotopic (exact) mass is 366 g/mol. The largest absolute Gasteiger partial charge is 0.460 e. The molecule has 7 nitrogen and oxygen atoms in total. The third-order valence-corrected chi connectivity index (χ3v) is 4.94. The summed E-state index contributed by atoms with van der Waals surface area (Å²) < 4.78 is 5.54. The van der Waals surface area contributed by atoms with E-state index in [0.717, 1.165) is 17.5 Å². The van der Waals surface area contributed by atoms with Crippen molar-refractivity contribution in [2.24, 2.45) is 0 Å². The number of amides is 2. The van der Waals surface area contributed by atoms with Crippen molar-refractivity contribution in [3.05, 3.63) is 54.4 Å². The lowest BCUT2D eigenvalue weighted by atomic mass is 10.3. The zero-order valence-corrected chi connectivity index (χ0v) is 14.6. The Kier molecular flexibility index (Phi) is 4.26. The van der Waals surface area contributed by atoms with Crippen LogP contribution in [0.3, 0.4) is 0 Å². The van der Waals surface area contributed by atoms with Gasteiger partial charge in [-0.05, 0) is 31.2 Å². The highest BCUT2D eigenvalue weighted by Gasteiger charge is 2.40. The zero-order valence-electron chi connectivity index (χ0n) is 13.8. The molecule has 3 aromatic rings. The van der Waals surface area contributed by atoms with E-state index in [2.05, 4.69) is 15.2 Å². The summed E-state index contributed by atoms with van der Waals surface area (Å²) in [6, 6.07) is 12.5. The molecular weight excluding hydrogens is 352 g/mol. The van der Waals surface area contributed by atoms with Crippen molar-refractivity contribution in [1.82, 2.24) is 15.2 Å². The molecule has 1 fully saturated rings. The maximum atomic E-state index is 12.7. The van der Waals surface area contributed by atoms with Crippen LogP contribution in [-0.4, -0.2) is 32.2 Å². The van der Waals surface area contributed by atoms with Crippen LogP contribution in [0.5, 0.6) is 0 Å². The molecular formula is C18H14N4O3S. The van der Waals surface area contributed by atoms with Gasteiger partial charge < -0.3 is 4.42 Å². The van der Waals surface area contributed by atoms with Gasteiger partial charge in [-0.15, -0.1) is 5.10 Å². The summed E-state index contributed by atoms with van der Waals surface area (Å²) >= 11 is 1.14. The number of hydrogen-bond donors (Lipinski definition) is 0. The molecule has 0 saturated carbocycles. The number of aromatic nitrogens is 3. The van der Waals surface area contributed by atoms with Crippen LogP contribution in [0.15, 0.2) is 58.2 Å². The molecule has 0 N–H and O–H groups in total. The van der Waals surface area contributed by atoms with E-state index < -0.39 is 5.25 Å². The Labute approximate surface area is 153 Å². The molecule has 3 heterocycles. The molecule has 130 valence electrons. The van der Waals surface area contributed by atoms with Gasteiger partial charge in [-0.1, -0.05) is 30.0 Å². The fourth-order valence-corrected chi connectivity index (χ4v) is 3.63. The van der Waals surface area contributed by atoms with Crippen molar-refractivity contribution >= 4 is 29.3 Å². The number of rotatable bonds is 4. The fourth-order valence-electron chi connectivity index (χ4n) is 2.70. The lowest BCUT2D eigenvalue weighted by molar-refractivity contribution is -0.121. The quantitative estimate of drug-likeness (QED) is 0.656. The number of thioether (sulfide) groups is 1. The normalized spacial score (nSPS) is 17.1. The number of anilines is 1. The second-order valence-corrected chi connectivity index (χ2v) is 6.92. The van der Waals surface area contributed by atoms with Gasteiger partial charge in [0.25, 0.3) is 0 Å². The second kappa shape index (κ2) is 6.72. The number of imide groups is 1. The summed E-state index contributed by atoms with van der Waals surface area (Å²) in [5, 5.41) is 7.66. The predicted octanol–water partition coefficient (Wildman–Crippen LogP) is 2.86. The van der Waals surface area contributed by atoms with Crippen LogP contribution in [-0.2, 0) is 9.59 Å². The topological polar surface area (TPSA) is 89.2 Å². The first-order chi connectivity index (χ1) is 12.6. The van der Waals surface area contributed by atoms with Gasteiger partial charge in [0.15, 0.2) is 5.76 Å². The van der Waals surface area contributed by atoms with Crippen molar-refractivity contribution in [2.45, 2.75) is 23.8 Å². The van der Waals surface area contributed by atoms with E-state index in [4.69, 9.17) is 4.42 Å². The second-order valence-electron chi connectivity index (χ2n) is 5.75. The molecule has 0 radical (unpaired) electrons. The number of hydrogen-bond acceptors (Lipinski definition) is 7. The number of nitrogens with zero attached hydrogens (tertiary/aromatic N) is 4. The van der Waals surface area contributed by atoms with Crippen molar-refractivity contribution in [1.29, 1.82) is 0 Å². The van der Waals surface area contributed by atoms with E-state index >= 15 is 0 Å². The summed E-state index contributed by atoms with van der Waals surface area (Å²) in [5.41, 5.74) is 1.11. The van der Waals surface area contributed by atoms with Gasteiger partial charge in [0.1, 0.15) is 16.7 Å². The van der Waals surface area contributed by atoms with Crippen molar-refractivity contribution in [3.8, 4) is 11.5 Å². The SMILES string of the molecule is Cc1ccc(-c2cnnc(SC3CC(=O)N(c4ccccc4)C3=O)n2)o1. The molecule has 1 aliphatic heterocycles. The Hall–Kier alpha value is -3.00. The molecule has 2 amide bonds. The van der Waals surface area contributed by atoms with E-state index in [0.29, 0.717) is 22.3 Å². The number of carbonyl (C=O) groups is 2. The number of furan rings is 1. The third kappa shape index (κ3) is 3.11. The van der Waals surface area contributed by atoms with Crippen molar-refractivity contribution in [3.63, 3.8) is 0 Å². The Morgan fingerprint density at radius 1 is 1.15 bits per heavy atom. The fraction of sp³-hybridized carbons (Fsp3) is 0.167. The van der Waals surface area contributed by atoms with Crippen LogP contribution in [0.1, 0.15) is 12.2 Å². The first-order valence-corrected chi connectivity index (χ1v) is 8.85. The number of carbonyl (C=O) groups excluding carboxylic acids is 2. The molecule has 0 spiro atoms. The average Bonchev–Trinajstić information content (AvgIpc) is 3.20. The molecule has 1 aromatic carbocycles. The van der Waals surface area contributed by atoms with Crippen molar-refractivity contribution < 1.29 is 14.0 Å². The summed E-state index contributed by atoms with van der Waals surface area (Å²) in [7, 11) is 0. The lowest BCUT2D eigenvalue weighted by Crippen LogP contribution is -2.31.